The molecule has 0 saturated heterocycles. The zero-order chi connectivity index (χ0) is 14.2. The third-order valence-corrected chi connectivity index (χ3v) is 3.91. The molecular formula is C15H9NO4S. The van der Waals surface area contributed by atoms with Gasteiger partial charge >= 0.3 is 5.97 Å². The first-order valence-corrected chi connectivity index (χ1v) is 7.14. The minimum Gasteiger partial charge on any atom is -0.454 e. The first-order chi connectivity index (χ1) is 10.3. The molecule has 0 N–H and O–H groups in total. The summed E-state index contributed by atoms with van der Waals surface area (Å²) in [5.41, 5.74) is 1.08. The summed E-state index contributed by atoms with van der Waals surface area (Å²) in [4.78, 5) is 16.9. The molecule has 0 aliphatic carbocycles. The van der Waals surface area contributed by atoms with E-state index in [2.05, 4.69) is 4.99 Å². The Kier molecular flexibility index (Phi) is 2.75. The Labute approximate surface area is 124 Å². The summed E-state index contributed by atoms with van der Waals surface area (Å²) < 4.78 is 15.7. The number of nitrogens with zero attached hydrogens (tertiary/aromatic N) is 1. The van der Waals surface area contributed by atoms with Gasteiger partial charge in [0.05, 0.1) is 4.88 Å². The summed E-state index contributed by atoms with van der Waals surface area (Å²) in [5, 5.41) is 1.91. The molecule has 0 atom stereocenters. The van der Waals surface area contributed by atoms with Crippen LogP contribution in [0.15, 0.2) is 46.4 Å². The third-order valence-electron chi connectivity index (χ3n) is 3.05. The normalized spacial score (nSPS) is 18.0. The van der Waals surface area contributed by atoms with Crippen molar-refractivity contribution in [2.75, 3.05) is 6.79 Å². The summed E-state index contributed by atoms with van der Waals surface area (Å²) in [5.74, 6) is 1.27. The smallest absolute Gasteiger partial charge is 0.363 e. The number of hydrogen-bond acceptors (Lipinski definition) is 6. The first-order valence-electron chi connectivity index (χ1n) is 6.26. The Hall–Kier alpha value is -2.60. The number of carbonyl (C=O) groups excluding carboxylic acids is 1. The number of fused-ring (bicyclic) bond motifs is 1. The molecule has 0 spiro atoms. The third kappa shape index (κ3) is 2.19. The Balaban J connectivity index is 1.68. The molecule has 5 nitrogen and oxygen atoms in total. The van der Waals surface area contributed by atoms with Crippen LogP contribution < -0.4 is 9.47 Å². The van der Waals surface area contributed by atoms with Crippen LogP contribution in [-0.4, -0.2) is 18.7 Å². The Morgan fingerprint density at radius 3 is 2.95 bits per heavy atom. The second-order valence-corrected chi connectivity index (χ2v) is 5.37. The Morgan fingerprint density at radius 2 is 2.10 bits per heavy atom. The van der Waals surface area contributed by atoms with Crippen molar-refractivity contribution in [2.45, 2.75) is 0 Å². The highest BCUT2D eigenvalue weighted by Gasteiger charge is 2.25. The van der Waals surface area contributed by atoms with E-state index in [1.54, 1.807) is 18.2 Å². The summed E-state index contributed by atoms with van der Waals surface area (Å²) >= 11 is 1.48. The van der Waals surface area contributed by atoms with Gasteiger partial charge in [0.2, 0.25) is 12.7 Å². The van der Waals surface area contributed by atoms with Crippen molar-refractivity contribution in [3.8, 4) is 11.5 Å². The van der Waals surface area contributed by atoms with Crippen LogP contribution in [0.2, 0.25) is 0 Å². The van der Waals surface area contributed by atoms with Crippen LogP contribution in [0.4, 0.5) is 0 Å². The molecule has 0 radical (unpaired) electrons. The fourth-order valence-corrected chi connectivity index (χ4v) is 2.72. The SMILES string of the molecule is O=C1OC(c2cccs2)=N/C1=C/c1ccc2c(c1)OCO2. The molecule has 3 heterocycles. The number of rotatable bonds is 2. The molecule has 2 aliphatic rings. The number of benzene rings is 1. The number of hydrogen-bond donors (Lipinski definition) is 0. The van der Waals surface area contributed by atoms with Crippen LogP contribution in [0.3, 0.4) is 0 Å². The van der Waals surface area contributed by atoms with Crippen LogP contribution >= 0.6 is 11.3 Å². The maximum absolute atomic E-state index is 11.9. The largest absolute Gasteiger partial charge is 0.454 e. The van der Waals surface area contributed by atoms with Crippen molar-refractivity contribution < 1.29 is 19.0 Å². The second-order valence-electron chi connectivity index (χ2n) is 4.43. The molecule has 2 aromatic rings. The van der Waals surface area contributed by atoms with Crippen molar-refractivity contribution in [1.82, 2.24) is 0 Å². The summed E-state index contributed by atoms with van der Waals surface area (Å²) in [7, 11) is 0. The molecule has 1 aromatic carbocycles. The van der Waals surface area contributed by atoms with Crippen LogP contribution in [0.25, 0.3) is 6.08 Å². The first kappa shape index (κ1) is 12.2. The summed E-state index contributed by atoms with van der Waals surface area (Å²) in [6.45, 7) is 0.220. The molecule has 0 saturated carbocycles. The minimum absolute atomic E-state index is 0.220. The van der Waals surface area contributed by atoms with Gasteiger partial charge in [-0.25, -0.2) is 9.79 Å². The molecule has 0 unspecified atom stereocenters. The van der Waals surface area contributed by atoms with E-state index >= 15 is 0 Å². The van der Waals surface area contributed by atoms with Gasteiger partial charge in [0, 0.05) is 0 Å². The number of aliphatic imine (C=N–C) groups is 1. The molecule has 0 fully saturated rings. The fraction of sp³-hybridized carbons (Fsp3) is 0.0667. The zero-order valence-corrected chi connectivity index (χ0v) is 11.6. The van der Waals surface area contributed by atoms with Gasteiger partial charge in [-0.3, -0.25) is 0 Å². The highest BCUT2D eigenvalue weighted by atomic mass is 32.1. The van der Waals surface area contributed by atoms with Gasteiger partial charge in [-0.2, -0.15) is 0 Å². The van der Waals surface area contributed by atoms with E-state index in [1.807, 2.05) is 23.6 Å². The van der Waals surface area contributed by atoms with Gasteiger partial charge < -0.3 is 14.2 Å². The van der Waals surface area contributed by atoms with Crippen molar-refractivity contribution in [3.05, 3.63) is 51.8 Å². The van der Waals surface area contributed by atoms with E-state index in [-0.39, 0.29) is 12.5 Å². The second kappa shape index (κ2) is 4.75. The van der Waals surface area contributed by atoms with Crippen LogP contribution in [-0.2, 0) is 9.53 Å². The molecule has 21 heavy (non-hydrogen) atoms. The minimum atomic E-state index is -0.448. The van der Waals surface area contributed by atoms with Crippen LogP contribution in [0.5, 0.6) is 11.5 Å². The highest BCUT2D eigenvalue weighted by molar-refractivity contribution is 7.12. The van der Waals surface area contributed by atoms with Crippen molar-refractivity contribution in [2.24, 2.45) is 4.99 Å². The molecule has 2 aliphatic heterocycles. The lowest BCUT2D eigenvalue weighted by atomic mass is 10.1. The molecule has 6 heteroatoms. The zero-order valence-electron chi connectivity index (χ0n) is 10.7. The molecule has 4 rings (SSSR count). The lowest BCUT2D eigenvalue weighted by molar-refractivity contribution is -0.129. The Morgan fingerprint density at radius 1 is 1.19 bits per heavy atom. The average molecular weight is 299 g/mol. The van der Waals surface area contributed by atoms with E-state index in [0.29, 0.717) is 17.4 Å². The summed E-state index contributed by atoms with van der Waals surface area (Å²) in [6.07, 6.45) is 1.67. The quantitative estimate of drug-likeness (QED) is 0.632. The van der Waals surface area contributed by atoms with Crippen molar-refractivity contribution >= 4 is 29.3 Å². The van der Waals surface area contributed by atoms with Gasteiger partial charge in [0.1, 0.15) is 0 Å². The van der Waals surface area contributed by atoms with E-state index in [0.717, 1.165) is 10.4 Å². The lowest BCUT2D eigenvalue weighted by Gasteiger charge is -1.97. The standard InChI is InChI=1S/C15H9NO4S/c17-15-10(16-14(20-15)13-2-1-5-21-13)6-9-3-4-11-12(7-9)19-8-18-11/h1-7H,8H2/b10-6+. The average Bonchev–Trinajstić information content (AvgIpc) is 3.20. The van der Waals surface area contributed by atoms with Crippen molar-refractivity contribution in [3.63, 3.8) is 0 Å². The molecule has 0 bridgehead atoms. The van der Waals surface area contributed by atoms with Gasteiger partial charge in [-0.05, 0) is 35.2 Å². The maximum Gasteiger partial charge on any atom is 0.363 e. The van der Waals surface area contributed by atoms with E-state index in [9.17, 15) is 4.79 Å². The van der Waals surface area contributed by atoms with Gasteiger partial charge in [-0.15, -0.1) is 11.3 Å². The van der Waals surface area contributed by atoms with Gasteiger partial charge in [-0.1, -0.05) is 12.1 Å². The highest BCUT2D eigenvalue weighted by Crippen LogP contribution is 2.33. The van der Waals surface area contributed by atoms with Crippen LogP contribution in [0.1, 0.15) is 10.4 Å². The van der Waals surface area contributed by atoms with E-state index < -0.39 is 5.97 Å². The number of carbonyl (C=O) groups is 1. The summed E-state index contributed by atoms with van der Waals surface area (Å²) in [6, 6.07) is 9.20. The maximum atomic E-state index is 11.9. The molecule has 104 valence electrons. The molecule has 1 aromatic heterocycles. The van der Waals surface area contributed by atoms with Crippen LogP contribution in [0, 0.1) is 0 Å². The van der Waals surface area contributed by atoms with Gasteiger partial charge in [0.25, 0.3) is 0 Å². The van der Waals surface area contributed by atoms with E-state index in [4.69, 9.17) is 14.2 Å². The molecule has 0 amide bonds. The number of cyclic esters (lactones) is 1. The fourth-order valence-electron chi connectivity index (χ4n) is 2.08. The predicted molar refractivity (Wildman–Crippen MR) is 77.5 cm³/mol. The van der Waals surface area contributed by atoms with Crippen molar-refractivity contribution in [1.29, 1.82) is 0 Å². The monoisotopic (exact) mass is 299 g/mol. The lowest BCUT2D eigenvalue weighted by Crippen LogP contribution is -2.03. The number of ether oxygens (including phenoxy) is 3. The topological polar surface area (TPSA) is 57.1 Å². The van der Waals surface area contributed by atoms with E-state index in [1.165, 1.54) is 11.3 Å². The number of thiophene rings is 1. The molecular weight excluding hydrogens is 290 g/mol. The predicted octanol–water partition coefficient (Wildman–Crippen LogP) is 2.82. The number of esters is 1. The van der Waals surface area contributed by atoms with Gasteiger partial charge in [0.15, 0.2) is 17.2 Å². The Bertz CT molecular complexity index is 777.